The van der Waals surface area contributed by atoms with E-state index in [1.54, 1.807) is 26.0 Å². The number of ether oxygens (including phenoxy) is 2. The van der Waals surface area contributed by atoms with E-state index < -0.39 is 6.04 Å². The summed E-state index contributed by atoms with van der Waals surface area (Å²) in [5.41, 5.74) is 0.955. The van der Waals surface area contributed by atoms with Gasteiger partial charge in [-0.1, -0.05) is 19.9 Å². The van der Waals surface area contributed by atoms with Crippen molar-refractivity contribution in [2.24, 2.45) is 5.92 Å². The van der Waals surface area contributed by atoms with Crippen molar-refractivity contribution in [2.75, 3.05) is 33.1 Å². The van der Waals surface area contributed by atoms with E-state index in [0.29, 0.717) is 29.6 Å². The molecule has 6 nitrogen and oxygen atoms in total. The molecule has 2 aliphatic heterocycles. The molecule has 0 aromatic heterocycles. The van der Waals surface area contributed by atoms with E-state index >= 15 is 0 Å². The largest absolute Gasteiger partial charge is 0.493 e. The number of hydrogen-bond acceptors (Lipinski definition) is 5. The van der Waals surface area contributed by atoms with Gasteiger partial charge in [0.2, 0.25) is 11.8 Å². The molecule has 0 bridgehead atoms. The van der Waals surface area contributed by atoms with E-state index in [4.69, 9.17) is 9.47 Å². The maximum atomic E-state index is 13.3. The highest BCUT2D eigenvalue weighted by Crippen LogP contribution is 2.43. The normalized spacial score (nSPS) is 20.8. The van der Waals surface area contributed by atoms with Crippen LogP contribution in [0.2, 0.25) is 0 Å². The summed E-state index contributed by atoms with van der Waals surface area (Å²) in [6, 6.07) is 5.31. The fourth-order valence-electron chi connectivity index (χ4n) is 3.96. The van der Waals surface area contributed by atoms with Crippen LogP contribution in [-0.4, -0.2) is 60.7 Å². The molecule has 1 aromatic rings. The number of amides is 2. The highest BCUT2D eigenvalue weighted by atomic mass is 32.2. The summed E-state index contributed by atoms with van der Waals surface area (Å²) in [7, 11) is 3.20. The van der Waals surface area contributed by atoms with E-state index in [9.17, 15) is 9.59 Å². The van der Waals surface area contributed by atoms with Crippen LogP contribution in [-0.2, 0) is 9.59 Å². The first-order valence-electron chi connectivity index (χ1n) is 9.89. The zero-order chi connectivity index (χ0) is 20.3. The fourth-order valence-corrected chi connectivity index (χ4v) is 5.18. The van der Waals surface area contributed by atoms with E-state index in [-0.39, 0.29) is 17.2 Å². The van der Waals surface area contributed by atoms with Gasteiger partial charge in [-0.2, -0.15) is 0 Å². The van der Waals surface area contributed by atoms with E-state index in [2.05, 4.69) is 13.8 Å². The van der Waals surface area contributed by atoms with Crippen molar-refractivity contribution in [3.8, 4) is 11.5 Å². The molecule has 2 heterocycles. The molecule has 3 rings (SSSR count). The van der Waals surface area contributed by atoms with Crippen molar-refractivity contribution < 1.29 is 19.1 Å². The Balaban J connectivity index is 1.93. The molecule has 7 heteroatoms. The van der Waals surface area contributed by atoms with Crippen molar-refractivity contribution in [1.29, 1.82) is 0 Å². The first-order chi connectivity index (χ1) is 13.5. The molecule has 0 aliphatic carbocycles. The lowest BCUT2D eigenvalue weighted by Crippen LogP contribution is -2.50. The second-order valence-electron chi connectivity index (χ2n) is 7.76. The lowest BCUT2D eigenvalue weighted by Gasteiger charge is -2.35. The molecule has 0 unspecified atom stereocenters. The molecule has 2 atom stereocenters. The Hall–Kier alpha value is -1.89. The monoisotopic (exact) mass is 406 g/mol. The summed E-state index contributed by atoms with van der Waals surface area (Å²) in [5.74, 6) is 2.11. The zero-order valence-electron chi connectivity index (χ0n) is 17.1. The standard InChI is InChI=1S/C21H30N2O4S/c1-14(2)11-16(20(25)22-9-5-6-10-22)23-19(24)13-28-21(23)15-7-8-17(26-3)18(12-15)27-4/h7-8,12,14,16,21H,5-6,9-11,13H2,1-4H3/t16-,21+/m1/s1. The van der Waals surface area contributed by atoms with Crippen molar-refractivity contribution in [1.82, 2.24) is 9.80 Å². The van der Waals surface area contributed by atoms with Crippen molar-refractivity contribution >= 4 is 23.6 Å². The van der Waals surface area contributed by atoms with Crippen LogP contribution in [0.1, 0.15) is 44.0 Å². The van der Waals surface area contributed by atoms with E-state index in [0.717, 1.165) is 31.5 Å². The minimum absolute atomic E-state index is 0.0305. The maximum absolute atomic E-state index is 13.3. The van der Waals surface area contributed by atoms with Gasteiger partial charge in [0.05, 0.1) is 20.0 Å². The van der Waals surface area contributed by atoms with Crippen LogP contribution in [0.4, 0.5) is 0 Å². The summed E-state index contributed by atoms with van der Waals surface area (Å²) in [6.07, 6.45) is 2.76. The van der Waals surface area contributed by atoms with Gasteiger partial charge in [-0.15, -0.1) is 11.8 Å². The van der Waals surface area contributed by atoms with Gasteiger partial charge in [-0.25, -0.2) is 0 Å². The van der Waals surface area contributed by atoms with Gasteiger partial charge in [0, 0.05) is 13.1 Å². The molecule has 2 amide bonds. The Morgan fingerprint density at radius 2 is 1.86 bits per heavy atom. The van der Waals surface area contributed by atoms with Crippen LogP contribution < -0.4 is 9.47 Å². The highest BCUT2D eigenvalue weighted by Gasteiger charge is 2.42. The number of benzene rings is 1. The van der Waals surface area contributed by atoms with Crippen LogP contribution in [0.3, 0.4) is 0 Å². The quantitative estimate of drug-likeness (QED) is 0.695. The molecule has 0 radical (unpaired) electrons. The molecule has 0 spiro atoms. The SMILES string of the molecule is COc1ccc([C@@H]2SCC(=O)N2[C@H](CC(C)C)C(=O)N2CCCC2)cc1OC. The lowest BCUT2D eigenvalue weighted by molar-refractivity contribution is -0.144. The van der Waals surface area contributed by atoms with Crippen LogP contribution in [0.25, 0.3) is 0 Å². The average Bonchev–Trinajstić information content (AvgIpc) is 3.35. The Labute approximate surface area is 171 Å². The molecular formula is C21H30N2O4S. The van der Waals surface area contributed by atoms with Crippen LogP contribution in [0.5, 0.6) is 11.5 Å². The Morgan fingerprint density at radius 1 is 1.18 bits per heavy atom. The number of nitrogens with zero attached hydrogens (tertiary/aromatic N) is 2. The third kappa shape index (κ3) is 4.24. The molecule has 0 N–H and O–H groups in total. The number of likely N-dealkylation sites (tertiary alicyclic amines) is 1. The highest BCUT2D eigenvalue weighted by molar-refractivity contribution is 8.00. The zero-order valence-corrected chi connectivity index (χ0v) is 18.0. The average molecular weight is 407 g/mol. The number of rotatable bonds is 7. The van der Waals surface area contributed by atoms with E-state index in [1.165, 1.54) is 0 Å². The number of hydrogen-bond donors (Lipinski definition) is 0. The summed E-state index contributed by atoms with van der Waals surface area (Å²) in [6.45, 7) is 5.79. The maximum Gasteiger partial charge on any atom is 0.245 e. The first kappa shape index (κ1) is 20.8. The van der Waals surface area contributed by atoms with Crippen molar-refractivity contribution in [3.63, 3.8) is 0 Å². The van der Waals surface area contributed by atoms with Crippen LogP contribution >= 0.6 is 11.8 Å². The Kier molecular flexibility index (Phi) is 6.75. The van der Waals surface area contributed by atoms with Gasteiger partial charge in [-0.3, -0.25) is 9.59 Å². The van der Waals surface area contributed by atoms with Gasteiger partial charge in [0.25, 0.3) is 0 Å². The lowest BCUT2D eigenvalue weighted by atomic mass is 10.00. The minimum atomic E-state index is -0.418. The number of carbonyl (C=O) groups excluding carboxylic acids is 2. The smallest absolute Gasteiger partial charge is 0.245 e. The fraction of sp³-hybridized carbons (Fsp3) is 0.619. The third-order valence-corrected chi connectivity index (χ3v) is 6.56. The van der Waals surface area contributed by atoms with Crippen LogP contribution in [0, 0.1) is 5.92 Å². The van der Waals surface area contributed by atoms with Crippen molar-refractivity contribution in [3.05, 3.63) is 23.8 Å². The van der Waals surface area contributed by atoms with Gasteiger partial charge in [0.1, 0.15) is 11.4 Å². The van der Waals surface area contributed by atoms with Gasteiger partial charge < -0.3 is 19.3 Å². The van der Waals surface area contributed by atoms with E-state index in [1.807, 2.05) is 28.0 Å². The molecular weight excluding hydrogens is 376 g/mol. The van der Waals surface area contributed by atoms with Crippen LogP contribution in [0.15, 0.2) is 18.2 Å². The predicted molar refractivity (Wildman–Crippen MR) is 111 cm³/mol. The summed E-state index contributed by atoms with van der Waals surface area (Å²) in [4.78, 5) is 29.9. The first-order valence-corrected chi connectivity index (χ1v) is 10.9. The molecule has 154 valence electrons. The third-order valence-electron chi connectivity index (χ3n) is 5.33. The summed E-state index contributed by atoms with van der Waals surface area (Å²) < 4.78 is 10.8. The summed E-state index contributed by atoms with van der Waals surface area (Å²) in [5, 5.41) is -0.192. The Morgan fingerprint density at radius 3 is 2.46 bits per heavy atom. The van der Waals surface area contributed by atoms with Gasteiger partial charge >= 0.3 is 0 Å². The number of methoxy groups -OCH3 is 2. The summed E-state index contributed by atoms with van der Waals surface area (Å²) >= 11 is 1.57. The van der Waals surface area contributed by atoms with Gasteiger partial charge in [0.15, 0.2) is 11.5 Å². The predicted octanol–water partition coefficient (Wildman–Crippen LogP) is 3.31. The molecule has 0 saturated carbocycles. The Bertz CT molecular complexity index is 718. The molecule has 2 aliphatic rings. The second kappa shape index (κ2) is 9.07. The molecule has 2 saturated heterocycles. The topological polar surface area (TPSA) is 59.1 Å². The number of carbonyl (C=O) groups is 2. The van der Waals surface area contributed by atoms with Crippen molar-refractivity contribution in [2.45, 2.75) is 44.5 Å². The minimum Gasteiger partial charge on any atom is -0.493 e. The van der Waals surface area contributed by atoms with Gasteiger partial charge in [-0.05, 0) is 42.9 Å². The molecule has 28 heavy (non-hydrogen) atoms. The molecule has 1 aromatic carbocycles. The second-order valence-corrected chi connectivity index (χ2v) is 8.83. The molecule has 2 fully saturated rings. The number of thioether (sulfide) groups is 1.